The van der Waals surface area contributed by atoms with Crippen molar-refractivity contribution in [1.29, 1.82) is 0 Å². The van der Waals surface area contributed by atoms with Gasteiger partial charge in [0.1, 0.15) is 17.7 Å². The number of primary sulfonamides is 1. The summed E-state index contributed by atoms with van der Waals surface area (Å²) in [4.78, 5) is 3.78. The average Bonchev–Trinajstić information content (AvgIpc) is 3.05. The maximum absolute atomic E-state index is 13.7. The van der Waals surface area contributed by atoms with Crippen LogP contribution in [0.4, 0.5) is 4.39 Å². The van der Waals surface area contributed by atoms with Gasteiger partial charge in [-0.05, 0) is 42.0 Å². The molecule has 148 valence electrons. The molecule has 1 aromatic heterocycles. The van der Waals surface area contributed by atoms with Crippen LogP contribution in [0.25, 0.3) is 0 Å². The quantitative estimate of drug-likeness (QED) is 0.617. The van der Waals surface area contributed by atoms with Crippen molar-refractivity contribution in [2.24, 2.45) is 12.2 Å². The summed E-state index contributed by atoms with van der Waals surface area (Å²) in [6, 6.07) is 9.00. The number of sulfonamides is 2. The minimum absolute atomic E-state index is 0.171. The summed E-state index contributed by atoms with van der Waals surface area (Å²) < 4.78 is 66.2. The highest BCUT2D eigenvalue weighted by Crippen LogP contribution is 2.24. The number of benzene rings is 2. The predicted octanol–water partition coefficient (Wildman–Crippen LogP) is 1.27. The maximum Gasteiger partial charge on any atom is 0.241 e. The van der Waals surface area contributed by atoms with Crippen molar-refractivity contribution >= 4 is 20.0 Å². The van der Waals surface area contributed by atoms with Crippen LogP contribution >= 0.6 is 0 Å². The molecule has 0 fully saturated rings. The van der Waals surface area contributed by atoms with Crippen LogP contribution in [-0.4, -0.2) is 26.4 Å². The number of halogens is 1. The normalized spacial score (nSPS) is 13.4. The zero-order valence-electron chi connectivity index (χ0n) is 14.7. The van der Waals surface area contributed by atoms with E-state index in [0.29, 0.717) is 11.4 Å². The molecule has 3 rings (SSSR count). The topological polar surface area (TPSA) is 124 Å². The van der Waals surface area contributed by atoms with Gasteiger partial charge in [0.15, 0.2) is 0 Å². The van der Waals surface area contributed by atoms with E-state index in [1.54, 1.807) is 23.9 Å². The van der Waals surface area contributed by atoms with Gasteiger partial charge in [0.25, 0.3) is 0 Å². The molecule has 11 heteroatoms. The zero-order valence-corrected chi connectivity index (χ0v) is 16.3. The SMILES string of the molecule is Cn1ccnc1[C@H](NS(=O)(=O)c1ccc(S(N)(=O)=O)cc1)c1cccc(F)c1. The van der Waals surface area contributed by atoms with Gasteiger partial charge >= 0.3 is 0 Å². The first-order valence-corrected chi connectivity index (χ1v) is 11.0. The smallest absolute Gasteiger partial charge is 0.241 e. The van der Waals surface area contributed by atoms with Gasteiger partial charge in [0, 0.05) is 19.4 Å². The molecule has 1 atom stereocenters. The fourth-order valence-electron chi connectivity index (χ4n) is 2.64. The van der Waals surface area contributed by atoms with Crippen molar-refractivity contribution in [3.05, 3.63) is 78.1 Å². The number of hydrogen-bond donors (Lipinski definition) is 2. The molecule has 0 radical (unpaired) electrons. The Labute approximate surface area is 161 Å². The number of hydrogen-bond acceptors (Lipinski definition) is 5. The number of aryl methyl sites for hydroxylation is 1. The molecule has 0 spiro atoms. The van der Waals surface area contributed by atoms with Crippen LogP contribution in [0.5, 0.6) is 0 Å². The molecular formula is C17H17FN4O4S2. The van der Waals surface area contributed by atoms with Gasteiger partial charge < -0.3 is 4.57 Å². The molecule has 3 N–H and O–H groups in total. The van der Waals surface area contributed by atoms with Gasteiger partial charge in [0.2, 0.25) is 20.0 Å². The van der Waals surface area contributed by atoms with E-state index in [9.17, 15) is 21.2 Å². The average molecular weight is 424 g/mol. The molecule has 2 aromatic carbocycles. The number of nitrogens with zero attached hydrogens (tertiary/aromatic N) is 2. The van der Waals surface area contributed by atoms with Crippen molar-refractivity contribution in [3.8, 4) is 0 Å². The number of imidazole rings is 1. The van der Waals surface area contributed by atoms with Crippen LogP contribution in [0.1, 0.15) is 17.4 Å². The lowest BCUT2D eigenvalue weighted by molar-refractivity contribution is 0.560. The highest BCUT2D eigenvalue weighted by molar-refractivity contribution is 7.89. The first-order chi connectivity index (χ1) is 13.1. The highest BCUT2D eigenvalue weighted by Gasteiger charge is 2.26. The molecule has 0 saturated carbocycles. The van der Waals surface area contributed by atoms with E-state index in [4.69, 9.17) is 5.14 Å². The van der Waals surface area contributed by atoms with Gasteiger partial charge in [-0.2, -0.15) is 4.72 Å². The maximum atomic E-state index is 13.7. The molecular weight excluding hydrogens is 407 g/mol. The summed E-state index contributed by atoms with van der Waals surface area (Å²) in [5.41, 5.74) is 0.360. The van der Waals surface area contributed by atoms with Gasteiger partial charge in [-0.1, -0.05) is 12.1 Å². The second-order valence-corrected chi connectivity index (χ2v) is 9.30. The molecule has 0 saturated heterocycles. The summed E-state index contributed by atoms with van der Waals surface area (Å²) in [6.45, 7) is 0. The summed E-state index contributed by atoms with van der Waals surface area (Å²) in [5, 5.41) is 5.03. The Morgan fingerprint density at radius 3 is 2.25 bits per heavy atom. The minimum Gasteiger partial charge on any atom is -0.336 e. The predicted molar refractivity (Wildman–Crippen MR) is 99.6 cm³/mol. The Morgan fingerprint density at radius 1 is 1.07 bits per heavy atom. The molecule has 3 aromatic rings. The Hall–Kier alpha value is -2.60. The summed E-state index contributed by atoms with van der Waals surface area (Å²) >= 11 is 0. The van der Waals surface area contributed by atoms with E-state index >= 15 is 0 Å². The van der Waals surface area contributed by atoms with Crippen LogP contribution < -0.4 is 9.86 Å². The third-order valence-electron chi connectivity index (χ3n) is 4.03. The van der Waals surface area contributed by atoms with Gasteiger partial charge in [-0.25, -0.2) is 31.3 Å². The summed E-state index contributed by atoms with van der Waals surface area (Å²) in [5.74, 6) is -0.163. The van der Waals surface area contributed by atoms with Crippen molar-refractivity contribution in [3.63, 3.8) is 0 Å². The Bertz CT molecular complexity index is 1210. The lowest BCUT2D eigenvalue weighted by Crippen LogP contribution is -2.31. The number of nitrogens with two attached hydrogens (primary N) is 1. The molecule has 0 bridgehead atoms. The molecule has 28 heavy (non-hydrogen) atoms. The summed E-state index contributed by atoms with van der Waals surface area (Å²) in [6.07, 6.45) is 3.13. The largest absolute Gasteiger partial charge is 0.336 e. The standard InChI is InChI=1S/C17H17FN4O4S2/c1-22-10-9-20-17(22)16(12-3-2-4-13(18)11-12)21-28(25,26)15-7-5-14(6-8-15)27(19,23)24/h2-11,16,21H,1H3,(H2,19,23,24)/t16-/m1/s1. The Kier molecular flexibility index (Phi) is 5.35. The highest BCUT2D eigenvalue weighted by atomic mass is 32.2. The van der Waals surface area contributed by atoms with Crippen LogP contribution in [-0.2, 0) is 27.1 Å². The molecule has 0 unspecified atom stereocenters. The van der Waals surface area contributed by atoms with Crippen molar-refractivity contribution in [1.82, 2.24) is 14.3 Å². The molecule has 0 aliphatic heterocycles. The fourth-order valence-corrected chi connectivity index (χ4v) is 4.34. The van der Waals surface area contributed by atoms with Gasteiger partial charge in [-0.3, -0.25) is 0 Å². The van der Waals surface area contributed by atoms with Crippen LogP contribution in [0.2, 0.25) is 0 Å². The first-order valence-electron chi connectivity index (χ1n) is 7.96. The lowest BCUT2D eigenvalue weighted by atomic mass is 10.1. The van der Waals surface area contributed by atoms with E-state index in [2.05, 4.69) is 9.71 Å². The second-order valence-electron chi connectivity index (χ2n) is 6.02. The first kappa shape index (κ1) is 20.1. The lowest BCUT2D eigenvalue weighted by Gasteiger charge is -2.19. The van der Waals surface area contributed by atoms with Crippen LogP contribution in [0.15, 0.2) is 70.7 Å². The molecule has 0 amide bonds. The van der Waals surface area contributed by atoms with Crippen molar-refractivity contribution in [2.75, 3.05) is 0 Å². The molecule has 8 nitrogen and oxygen atoms in total. The van der Waals surface area contributed by atoms with Crippen LogP contribution in [0.3, 0.4) is 0 Å². The summed E-state index contributed by atoms with van der Waals surface area (Å²) in [7, 11) is -6.35. The number of aromatic nitrogens is 2. The number of nitrogens with one attached hydrogen (secondary N) is 1. The van der Waals surface area contributed by atoms with Crippen LogP contribution in [0, 0.1) is 5.82 Å². The third kappa shape index (κ3) is 4.28. The fraction of sp³-hybridized carbons (Fsp3) is 0.118. The van der Waals surface area contributed by atoms with Crippen molar-refractivity contribution < 1.29 is 21.2 Å². The van der Waals surface area contributed by atoms with Gasteiger partial charge in [-0.15, -0.1) is 0 Å². The van der Waals surface area contributed by atoms with Gasteiger partial charge in [0.05, 0.1) is 9.79 Å². The Morgan fingerprint density at radius 2 is 1.71 bits per heavy atom. The monoisotopic (exact) mass is 424 g/mol. The van der Waals surface area contributed by atoms with E-state index in [0.717, 1.165) is 24.3 Å². The van der Waals surface area contributed by atoms with Crippen molar-refractivity contribution in [2.45, 2.75) is 15.8 Å². The zero-order chi connectivity index (χ0) is 20.5. The van der Waals surface area contributed by atoms with E-state index in [1.807, 2.05) is 0 Å². The molecule has 1 heterocycles. The second kappa shape index (κ2) is 7.43. The van der Waals surface area contributed by atoms with E-state index in [-0.39, 0.29) is 9.79 Å². The Balaban J connectivity index is 2.01. The number of rotatable bonds is 6. The third-order valence-corrected chi connectivity index (χ3v) is 6.40. The van der Waals surface area contributed by atoms with E-state index < -0.39 is 31.9 Å². The molecule has 0 aliphatic rings. The minimum atomic E-state index is -4.09. The van der Waals surface area contributed by atoms with E-state index in [1.165, 1.54) is 24.4 Å². The molecule has 0 aliphatic carbocycles.